The number of carboxylic acid groups (broad SMARTS) is 1. The molecule has 0 unspecified atom stereocenters. The molecule has 0 atom stereocenters. The second-order valence-corrected chi connectivity index (χ2v) is 2.74. The number of imidazole rings is 1. The standard InChI is InChI=1S/C8H13N3O2/c1-7-10-3-5-11(7)4-2-9-6-8(12)13/h3,5,9H,2,4,6H2,1H3,(H,12,13). The summed E-state index contributed by atoms with van der Waals surface area (Å²) in [6, 6.07) is 0. The molecular weight excluding hydrogens is 170 g/mol. The van der Waals surface area contributed by atoms with Gasteiger partial charge in [0.25, 0.3) is 0 Å². The van der Waals surface area contributed by atoms with Crippen molar-refractivity contribution >= 4 is 5.97 Å². The van der Waals surface area contributed by atoms with Crippen molar-refractivity contribution in [3.8, 4) is 0 Å². The van der Waals surface area contributed by atoms with Crippen molar-refractivity contribution in [3.63, 3.8) is 0 Å². The zero-order chi connectivity index (χ0) is 9.68. The van der Waals surface area contributed by atoms with Gasteiger partial charge in [-0.3, -0.25) is 4.79 Å². The molecule has 0 fully saturated rings. The first-order valence-electron chi connectivity index (χ1n) is 4.10. The van der Waals surface area contributed by atoms with Crippen molar-refractivity contribution in [2.45, 2.75) is 13.5 Å². The normalized spacial score (nSPS) is 10.2. The average Bonchev–Trinajstić information content (AvgIpc) is 2.45. The van der Waals surface area contributed by atoms with E-state index in [-0.39, 0.29) is 6.54 Å². The summed E-state index contributed by atoms with van der Waals surface area (Å²) in [4.78, 5) is 14.2. The minimum atomic E-state index is -0.831. The first kappa shape index (κ1) is 9.73. The van der Waals surface area contributed by atoms with Crippen molar-refractivity contribution in [2.24, 2.45) is 0 Å². The lowest BCUT2D eigenvalue weighted by Gasteiger charge is -2.04. The van der Waals surface area contributed by atoms with Crippen LogP contribution in [0.2, 0.25) is 0 Å². The molecular formula is C8H13N3O2. The second-order valence-electron chi connectivity index (χ2n) is 2.74. The van der Waals surface area contributed by atoms with Gasteiger partial charge in [0.1, 0.15) is 5.82 Å². The molecule has 0 saturated heterocycles. The predicted octanol–water partition coefficient (Wildman–Crippen LogP) is -0.134. The van der Waals surface area contributed by atoms with Crippen molar-refractivity contribution in [1.82, 2.24) is 14.9 Å². The van der Waals surface area contributed by atoms with Crippen LogP contribution in [0.1, 0.15) is 5.82 Å². The van der Waals surface area contributed by atoms with Crippen LogP contribution in [0.4, 0.5) is 0 Å². The quantitative estimate of drug-likeness (QED) is 0.624. The molecule has 0 aliphatic carbocycles. The van der Waals surface area contributed by atoms with E-state index in [2.05, 4.69) is 10.3 Å². The van der Waals surface area contributed by atoms with Crippen molar-refractivity contribution in [2.75, 3.05) is 13.1 Å². The Kier molecular flexibility index (Phi) is 3.45. The highest BCUT2D eigenvalue weighted by Gasteiger charge is 1.97. The molecule has 1 heterocycles. The summed E-state index contributed by atoms with van der Waals surface area (Å²) in [5.74, 6) is 0.111. The van der Waals surface area contributed by atoms with Crippen LogP contribution in [0.3, 0.4) is 0 Å². The Labute approximate surface area is 76.4 Å². The summed E-state index contributed by atoms with van der Waals surface area (Å²) in [7, 11) is 0. The number of carbonyl (C=O) groups is 1. The van der Waals surface area contributed by atoms with E-state index in [0.29, 0.717) is 6.54 Å². The Balaban J connectivity index is 2.20. The zero-order valence-corrected chi connectivity index (χ0v) is 7.53. The monoisotopic (exact) mass is 183 g/mol. The number of aliphatic carboxylic acids is 1. The van der Waals surface area contributed by atoms with Gasteiger partial charge in [0.05, 0.1) is 6.54 Å². The van der Waals surface area contributed by atoms with Gasteiger partial charge in [0.15, 0.2) is 0 Å². The lowest BCUT2D eigenvalue weighted by molar-refractivity contribution is -0.135. The SMILES string of the molecule is Cc1nccn1CCNCC(=O)O. The Bertz CT molecular complexity index is 283. The van der Waals surface area contributed by atoms with Gasteiger partial charge in [0.2, 0.25) is 0 Å². The van der Waals surface area contributed by atoms with Gasteiger partial charge in [-0.1, -0.05) is 0 Å². The maximum atomic E-state index is 10.1. The Morgan fingerprint density at radius 2 is 2.54 bits per heavy atom. The third-order valence-corrected chi connectivity index (χ3v) is 1.73. The maximum absolute atomic E-state index is 10.1. The molecule has 0 bridgehead atoms. The summed E-state index contributed by atoms with van der Waals surface area (Å²) in [6.45, 7) is 3.31. The van der Waals surface area contributed by atoms with Gasteiger partial charge < -0.3 is 15.0 Å². The molecule has 0 saturated carbocycles. The van der Waals surface area contributed by atoms with Crippen LogP contribution in [-0.2, 0) is 11.3 Å². The number of aromatic nitrogens is 2. The lowest BCUT2D eigenvalue weighted by Crippen LogP contribution is -2.26. The largest absolute Gasteiger partial charge is 0.480 e. The Morgan fingerprint density at radius 1 is 1.77 bits per heavy atom. The van der Waals surface area contributed by atoms with Gasteiger partial charge >= 0.3 is 5.97 Å². The van der Waals surface area contributed by atoms with Crippen molar-refractivity contribution in [3.05, 3.63) is 18.2 Å². The summed E-state index contributed by atoms with van der Waals surface area (Å²) in [6.07, 6.45) is 3.60. The zero-order valence-electron chi connectivity index (χ0n) is 7.53. The first-order chi connectivity index (χ1) is 6.20. The van der Waals surface area contributed by atoms with Crippen LogP contribution in [0.5, 0.6) is 0 Å². The summed E-state index contributed by atoms with van der Waals surface area (Å²) < 4.78 is 1.97. The topological polar surface area (TPSA) is 67.2 Å². The highest BCUT2D eigenvalue weighted by molar-refractivity contribution is 5.68. The number of nitrogens with one attached hydrogen (secondary N) is 1. The number of aryl methyl sites for hydroxylation is 1. The fourth-order valence-corrected chi connectivity index (χ4v) is 1.03. The highest BCUT2D eigenvalue weighted by Crippen LogP contribution is 1.92. The minimum Gasteiger partial charge on any atom is -0.480 e. The van der Waals surface area contributed by atoms with E-state index in [0.717, 1.165) is 12.4 Å². The number of nitrogens with zero attached hydrogens (tertiary/aromatic N) is 2. The Hall–Kier alpha value is -1.36. The fraction of sp³-hybridized carbons (Fsp3) is 0.500. The van der Waals surface area contributed by atoms with Crippen LogP contribution in [0, 0.1) is 6.92 Å². The van der Waals surface area contributed by atoms with Gasteiger partial charge in [-0.05, 0) is 6.92 Å². The molecule has 0 spiro atoms. The van der Waals surface area contributed by atoms with E-state index in [1.54, 1.807) is 6.20 Å². The average molecular weight is 183 g/mol. The van der Waals surface area contributed by atoms with E-state index in [9.17, 15) is 4.79 Å². The van der Waals surface area contributed by atoms with E-state index in [1.807, 2.05) is 17.7 Å². The van der Waals surface area contributed by atoms with Crippen LogP contribution >= 0.6 is 0 Å². The predicted molar refractivity (Wildman–Crippen MR) is 47.5 cm³/mol. The molecule has 0 aromatic carbocycles. The van der Waals surface area contributed by atoms with Gasteiger partial charge in [-0.25, -0.2) is 4.98 Å². The van der Waals surface area contributed by atoms with Crippen LogP contribution in [-0.4, -0.2) is 33.7 Å². The maximum Gasteiger partial charge on any atom is 0.317 e. The van der Waals surface area contributed by atoms with Gasteiger partial charge in [-0.15, -0.1) is 0 Å². The highest BCUT2D eigenvalue weighted by atomic mass is 16.4. The summed E-state index contributed by atoms with van der Waals surface area (Å²) >= 11 is 0. The molecule has 13 heavy (non-hydrogen) atoms. The molecule has 0 aliphatic heterocycles. The number of hydrogen-bond donors (Lipinski definition) is 2. The van der Waals surface area contributed by atoms with E-state index in [4.69, 9.17) is 5.11 Å². The molecule has 1 aromatic heterocycles. The van der Waals surface area contributed by atoms with Crippen LogP contribution in [0.25, 0.3) is 0 Å². The molecule has 72 valence electrons. The van der Waals surface area contributed by atoms with Crippen LogP contribution in [0.15, 0.2) is 12.4 Å². The molecule has 0 aliphatic rings. The minimum absolute atomic E-state index is 0.00768. The molecule has 0 radical (unpaired) electrons. The molecule has 2 N–H and O–H groups in total. The van der Waals surface area contributed by atoms with Crippen LogP contribution < -0.4 is 5.32 Å². The molecule has 1 rings (SSSR count). The number of carboxylic acids is 1. The van der Waals surface area contributed by atoms with E-state index >= 15 is 0 Å². The smallest absolute Gasteiger partial charge is 0.317 e. The van der Waals surface area contributed by atoms with Crippen molar-refractivity contribution < 1.29 is 9.90 Å². The molecule has 0 amide bonds. The molecule has 5 nitrogen and oxygen atoms in total. The second kappa shape index (κ2) is 4.61. The fourth-order valence-electron chi connectivity index (χ4n) is 1.03. The summed E-state index contributed by atoms with van der Waals surface area (Å²) in [5.41, 5.74) is 0. The third-order valence-electron chi connectivity index (χ3n) is 1.73. The lowest BCUT2D eigenvalue weighted by atomic mass is 10.5. The number of hydrogen-bond acceptors (Lipinski definition) is 3. The summed E-state index contributed by atoms with van der Waals surface area (Å²) in [5, 5.41) is 11.1. The van der Waals surface area contributed by atoms with Gasteiger partial charge in [0, 0.05) is 25.5 Å². The van der Waals surface area contributed by atoms with E-state index in [1.165, 1.54) is 0 Å². The van der Waals surface area contributed by atoms with E-state index < -0.39 is 5.97 Å². The third kappa shape index (κ3) is 3.25. The molecule has 1 aromatic rings. The number of rotatable bonds is 5. The van der Waals surface area contributed by atoms with Crippen molar-refractivity contribution in [1.29, 1.82) is 0 Å². The molecule has 5 heteroatoms. The van der Waals surface area contributed by atoms with Gasteiger partial charge in [-0.2, -0.15) is 0 Å². The first-order valence-corrected chi connectivity index (χ1v) is 4.10. The Morgan fingerprint density at radius 3 is 3.08 bits per heavy atom.